The van der Waals surface area contributed by atoms with Gasteiger partial charge in [0.15, 0.2) is 0 Å². The zero-order chi connectivity index (χ0) is 16.4. The molecule has 3 heterocycles. The summed E-state index contributed by atoms with van der Waals surface area (Å²) in [5.74, 6) is 0.514. The quantitative estimate of drug-likeness (QED) is 0.738. The third kappa shape index (κ3) is 2.92. The highest BCUT2D eigenvalue weighted by Crippen LogP contribution is 2.24. The minimum atomic E-state index is -0.821. The van der Waals surface area contributed by atoms with Crippen LogP contribution in [0.4, 0.5) is 10.1 Å². The molecule has 0 atom stereocenters. The Hall–Kier alpha value is -2.60. The van der Waals surface area contributed by atoms with Gasteiger partial charge < -0.3 is 18.8 Å². The first-order valence-corrected chi connectivity index (χ1v) is 7.94. The van der Waals surface area contributed by atoms with Crippen LogP contribution >= 0.6 is 0 Å². The van der Waals surface area contributed by atoms with E-state index in [1.165, 1.54) is 0 Å². The van der Waals surface area contributed by atoms with E-state index in [1.54, 1.807) is 12.1 Å². The number of fused-ring (bicyclic) bond motifs is 1. The Labute approximate surface area is 139 Å². The number of halogens is 1. The van der Waals surface area contributed by atoms with Gasteiger partial charge in [0.1, 0.15) is 11.4 Å². The lowest BCUT2D eigenvalue weighted by molar-refractivity contribution is 0.122. The second kappa shape index (κ2) is 6.49. The Balaban J connectivity index is 1.62. The van der Waals surface area contributed by atoms with Gasteiger partial charge in [0.2, 0.25) is 6.86 Å². The van der Waals surface area contributed by atoms with Crippen LogP contribution in [0, 0.1) is 0 Å². The third-order valence-corrected chi connectivity index (χ3v) is 4.19. The van der Waals surface area contributed by atoms with Gasteiger partial charge in [-0.2, -0.15) is 0 Å². The number of benzene rings is 1. The van der Waals surface area contributed by atoms with Crippen LogP contribution in [0.2, 0.25) is 0 Å². The van der Waals surface area contributed by atoms with Crippen molar-refractivity contribution in [2.75, 3.05) is 38.1 Å². The number of pyridine rings is 1. The molecule has 1 aromatic carbocycles. The number of imidazole rings is 1. The zero-order valence-corrected chi connectivity index (χ0v) is 13.2. The molecule has 1 fully saturated rings. The molecule has 1 aliphatic rings. The second-order valence-corrected chi connectivity index (χ2v) is 5.65. The van der Waals surface area contributed by atoms with E-state index in [2.05, 4.69) is 17.0 Å². The molecule has 0 unspecified atom stereocenters. The second-order valence-electron chi connectivity index (χ2n) is 5.65. The molecule has 0 saturated carbocycles. The van der Waals surface area contributed by atoms with Gasteiger partial charge in [-0.1, -0.05) is 0 Å². The lowest BCUT2D eigenvalue weighted by Gasteiger charge is -2.28. The van der Waals surface area contributed by atoms with Crippen LogP contribution in [0.5, 0.6) is 5.75 Å². The van der Waals surface area contributed by atoms with Crippen molar-refractivity contribution in [3.05, 3.63) is 48.8 Å². The molecule has 0 radical (unpaired) electrons. The minimum Gasteiger partial charge on any atom is -0.463 e. The van der Waals surface area contributed by atoms with Crippen LogP contribution in [0.3, 0.4) is 0 Å². The maximum atomic E-state index is 12.2. The number of hydrogen-bond donors (Lipinski definition) is 0. The summed E-state index contributed by atoms with van der Waals surface area (Å²) in [5, 5.41) is 0. The summed E-state index contributed by atoms with van der Waals surface area (Å²) in [5.41, 5.74) is 3.91. The molecule has 5 nitrogen and oxygen atoms in total. The van der Waals surface area contributed by atoms with Crippen molar-refractivity contribution < 1.29 is 13.9 Å². The third-order valence-electron chi connectivity index (χ3n) is 4.19. The van der Waals surface area contributed by atoms with E-state index in [9.17, 15) is 4.39 Å². The van der Waals surface area contributed by atoms with Crippen LogP contribution in [-0.2, 0) is 4.74 Å². The molecule has 3 aromatic rings. The van der Waals surface area contributed by atoms with Crippen molar-refractivity contribution in [2.45, 2.75) is 0 Å². The SMILES string of the molecule is FCOc1ccc(-c2cn3ccc(N4CCOCC4)cc3n2)cc1. The van der Waals surface area contributed by atoms with E-state index >= 15 is 0 Å². The Morgan fingerprint density at radius 1 is 1.12 bits per heavy atom. The first-order valence-electron chi connectivity index (χ1n) is 7.94. The van der Waals surface area contributed by atoms with Crippen LogP contribution in [0.15, 0.2) is 48.8 Å². The minimum absolute atomic E-state index is 0.514. The summed E-state index contributed by atoms with van der Waals surface area (Å²) >= 11 is 0. The van der Waals surface area contributed by atoms with Crippen molar-refractivity contribution in [3.63, 3.8) is 0 Å². The van der Waals surface area contributed by atoms with Crippen molar-refractivity contribution in [1.29, 1.82) is 0 Å². The highest BCUT2D eigenvalue weighted by molar-refractivity contribution is 5.66. The Kier molecular flexibility index (Phi) is 4.04. The molecule has 1 saturated heterocycles. The molecule has 2 aromatic heterocycles. The van der Waals surface area contributed by atoms with Gasteiger partial charge in [-0.25, -0.2) is 9.37 Å². The van der Waals surface area contributed by atoms with Crippen LogP contribution in [0.25, 0.3) is 16.9 Å². The fourth-order valence-electron chi connectivity index (χ4n) is 2.91. The molecule has 0 N–H and O–H groups in total. The van der Waals surface area contributed by atoms with E-state index in [-0.39, 0.29) is 0 Å². The average Bonchev–Trinajstić information content (AvgIpc) is 3.06. The smallest absolute Gasteiger partial charge is 0.228 e. The molecule has 124 valence electrons. The van der Waals surface area contributed by atoms with Gasteiger partial charge in [-0.05, 0) is 30.3 Å². The van der Waals surface area contributed by atoms with E-state index in [0.717, 1.165) is 48.9 Å². The summed E-state index contributed by atoms with van der Waals surface area (Å²) in [6.45, 7) is 2.51. The molecule has 4 rings (SSSR count). The Bertz CT molecular complexity index is 826. The zero-order valence-electron chi connectivity index (χ0n) is 13.2. The number of alkyl halides is 1. The lowest BCUT2D eigenvalue weighted by atomic mass is 10.2. The molecule has 0 spiro atoms. The number of ether oxygens (including phenoxy) is 2. The highest BCUT2D eigenvalue weighted by Gasteiger charge is 2.12. The standard InChI is InChI=1S/C18H18FN3O2/c19-13-24-16-3-1-14(2-4-16)17-12-22-6-5-15(11-18(22)20-17)21-7-9-23-10-8-21/h1-6,11-12H,7-10,13H2. The number of morpholine rings is 1. The average molecular weight is 327 g/mol. The summed E-state index contributed by atoms with van der Waals surface area (Å²) in [6.07, 6.45) is 4.01. The van der Waals surface area contributed by atoms with Crippen molar-refractivity contribution in [2.24, 2.45) is 0 Å². The van der Waals surface area contributed by atoms with Gasteiger partial charge >= 0.3 is 0 Å². The van der Waals surface area contributed by atoms with Crippen LogP contribution in [-0.4, -0.2) is 42.5 Å². The number of anilines is 1. The summed E-state index contributed by atoms with van der Waals surface area (Å²) < 4.78 is 24.4. The van der Waals surface area contributed by atoms with E-state index in [0.29, 0.717) is 5.75 Å². The fraction of sp³-hybridized carbons (Fsp3) is 0.278. The first kappa shape index (κ1) is 15.0. The predicted octanol–water partition coefficient (Wildman–Crippen LogP) is 3.14. The number of aromatic nitrogens is 2. The largest absolute Gasteiger partial charge is 0.463 e. The molecule has 0 amide bonds. The summed E-state index contributed by atoms with van der Waals surface area (Å²) in [7, 11) is 0. The van der Waals surface area contributed by atoms with Gasteiger partial charge in [0.05, 0.1) is 18.9 Å². The van der Waals surface area contributed by atoms with Gasteiger partial charge in [-0.15, -0.1) is 0 Å². The fourth-order valence-corrected chi connectivity index (χ4v) is 2.91. The molecule has 1 aliphatic heterocycles. The molecule has 0 aliphatic carbocycles. The molecular weight excluding hydrogens is 309 g/mol. The normalized spacial score (nSPS) is 15.0. The van der Waals surface area contributed by atoms with E-state index < -0.39 is 6.86 Å². The number of rotatable bonds is 4. The van der Waals surface area contributed by atoms with Crippen molar-refractivity contribution in [3.8, 4) is 17.0 Å². The monoisotopic (exact) mass is 327 g/mol. The summed E-state index contributed by atoms with van der Waals surface area (Å²) in [6, 6.07) is 11.5. The molecule has 6 heteroatoms. The van der Waals surface area contributed by atoms with Gasteiger partial charge in [0, 0.05) is 42.8 Å². The van der Waals surface area contributed by atoms with Crippen LogP contribution in [0.1, 0.15) is 0 Å². The van der Waals surface area contributed by atoms with E-state index in [1.807, 2.05) is 28.9 Å². The van der Waals surface area contributed by atoms with Crippen molar-refractivity contribution in [1.82, 2.24) is 9.38 Å². The Morgan fingerprint density at radius 3 is 2.67 bits per heavy atom. The lowest BCUT2D eigenvalue weighted by Crippen LogP contribution is -2.36. The van der Waals surface area contributed by atoms with Crippen molar-refractivity contribution >= 4 is 11.3 Å². The van der Waals surface area contributed by atoms with Gasteiger partial charge in [0.25, 0.3) is 0 Å². The highest BCUT2D eigenvalue weighted by atomic mass is 19.1. The Morgan fingerprint density at radius 2 is 1.92 bits per heavy atom. The topological polar surface area (TPSA) is 39.0 Å². The van der Waals surface area contributed by atoms with Gasteiger partial charge in [-0.3, -0.25) is 0 Å². The van der Waals surface area contributed by atoms with Crippen LogP contribution < -0.4 is 9.64 Å². The van der Waals surface area contributed by atoms with E-state index in [4.69, 9.17) is 14.5 Å². The maximum absolute atomic E-state index is 12.2. The molecule has 0 bridgehead atoms. The molecular formula is C18H18FN3O2. The first-order chi connectivity index (χ1) is 11.8. The maximum Gasteiger partial charge on any atom is 0.228 e. The predicted molar refractivity (Wildman–Crippen MR) is 90.3 cm³/mol. The number of hydrogen-bond acceptors (Lipinski definition) is 4. The number of nitrogens with zero attached hydrogens (tertiary/aromatic N) is 3. The summed E-state index contributed by atoms with van der Waals surface area (Å²) in [4.78, 5) is 7.01. The molecule has 24 heavy (non-hydrogen) atoms.